The van der Waals surface area contributed by atoms with Crippen LogP contribution in [0.4, 0.5) is 0 Å². The zero-order valence-corrected chi connectivity index (χ0v) is 48.6. The molecule has 0 aromatic rings. The van der Waals surface area contributed by atoms with Crippen molar-refractivity contribution in [2.24, 2.45) is 5.73 Å². The van der Waals surface area contributed by atoms with E-state index in [2.05, 4.69) is 135 Å². The Kier molecular flexibility index (Phi) is 56.8. The summed E-state index contributed by atoms with van der Waals surface area (Å²) < 4.78 is 33.0. The van der Waals surface area contributed by atoms with Crippen LogP contribution in [0.2, 0.25) is 0 Å². The van der Waals surface area contributed by atoms with Crippen molar-refractivity contribution in [2.75, 3.05) is 26.4 Å². The van der Waals surface area contributed by atoms with E-state index in [1.807, 2.05) is 0 Å². The van der Waals surface area contributed by atoms with Crippen LogP contribution in [-0.4, -0.2) is 49.3 Å². The van der Waals surface area contributed by atoms with Gasteiger partial charge in [-0.05, 0) is 109 Å². The van der Waals surface area contributed by atoms with Gasteiger partial charge < -0.3 is 20.1 Å². The molecule has 0 spiro atoms. The van der Waals surface area contributed by atoms with E-state index in [4.69, 9.17) is 24.3 Å². The molecule has 0 fully saturated rings. The van der Waals surface area contributed by atoms with Gasteiger partial charge in [-0.15, -0.1) is 0 Å². The molecule has 9 nitrogen and oxygen atoms in total. The van der Waals surface area contributed by atoms with Gasteiger partial charge >= 0.3 is 19.8 Å². The van der Waals surface area contributed by atoms with Gasteiger partial charge in [-0.25, -0.2) is 4.57 Å². The van der Waals surface area contributed by atoms with E-state index in [1.165, 1.54) is 83.5 Å². The molecular weight excluding hydrogens is 954 g/mol. The maximum Gasteiger partial charge on any atom is 0.472 e. The number of phosphoric ester groups is 1. The van der Waals surface area contributed by atoms with Crippen molar-refractivity contribution in [3.63, 3.8) is 0 Å². The van der Waals surface area contributed by atoms with Crippen molar-refractivity contribution in [3.05, 3.63) is 122 Å². The summed E-state index contributed by atoms with van der Waals surface area (Å²) in [6.45, 7) is 3.60. The molecule has 2 unspecified atom stereocenters. The highest BCUT2D eigenvalue weighted by Crippen LogP contribution is 2.43. The molecule has 0 aliphatic heterocycles. The Morgan fingerprint density at radius 3 is 1.09 bits per heavy atom. The summed E-state index contributed by atoms with van der Waals surface area (Å²) >= 11 is 0. The van der Waals surface area contributed by atoms with Gasteiger partial charge in [0.25, 0.3) is 0 Å². The average molecular weight is 1060 g/mol. The predicted octanol–water partition coefficient (Wildman–Crippen LogP) is 19.2. The van der Waals surface area contributed by atoms with Crippen LogP contribution in [0.3, 0.4) is 0 Å². The SMILES string of the molecule is CC/C=C\C/C=C\C/C=C\C/C=C\C/C=C\C/C=C\C/C=C\CCCCCCCCCCCCCC(=O)OC(COC(=O)CCCCCCCC/C=C\C/C=C\C/C=C\CCCCCCC)COP(=O)(O)OCCN. The van der Waals surface area contributed by atoms with Gasteiger partial charge in [0.05, 0.1) is 13.2 Å². The molecule has 0 saturated carbocycles. The second kappa shape index (κ2) is 59.7. The Bertz CT molecular complexity index is 1640. The zero-order chi connectivity index (χ0) is 54.5. The van der Waals surface area contributed by atoms with Crippen LogP contribution in [-0.2, 0) is 32.7 Å². The van der Waals surface area contributed by atoms with Crippen LogP contribution in [0.5, 0.6) is 0 Å². The molecule has 0 bridgehead atoms. The first-order chi connectivity index (χ1) is 36.8. The highest BCUT2D eigenvalue weighted by atomic mass is 31.2. The van der Waals surface area contributed by atoms with Crippen molar-refractivity contribution >= 4 is 19.8 Å². The fourth-order valence-corrected chi connectivity index (χ4v) is 8.68. The number of rotatable bonds is 55. The van der Waals surface area contributed by atoms with E-state index in [0.29, 0.717) is 12.8 Å². The van der Waals surface area contributed by atoms with Crippen LogP contribution in [0, 0.1) is 0 Å². The van der Waals surface area contributed by atoms with Crippen molar-refractivity contribution in [1.82, 2.24) is 0 Å². The topological polar surface area (TPSA) is 134 Å². The predicted molar refractivity (Wildman–Crippen MR) is 321 cm³/mol. The second-order valence-corrected chi connectivity index (χ2v) is 20.9. The van der Waals surface area contributed by atoms with Crippen molar-refractivity contribution in [1.29, 1.82) is 0 Å². The quantitative estimate of drug-likeness (QED) is 0.0264. The number of carbonyl (C=O) groups is 2. The lowest BCUT2D eigenvalue weighted by atomic mass is 10.0. The van der Waals surface area contributed by atoms with Gasteiger partial charge in [0.1, 0.15) is 6.61 Å². The Morgan fingerprint density at radius 2 is 0.733 bits per heavy atom. The molecule has 0 saturated heterocycles. The Hall–Kier alpha value is -3.59. The van der Waals surface area contributed by atoms with Crippen LogP contribution in [0.1, 0.15) is 245 Å². The summed E-state index contributed by atoms with van der Waals surface area (Å²) in [5.41, 5.74) is 5.38. The van der Waals surface area contributed by atoms with E-state index in [1.54, 1.807) is 0 Å². The third-order valence-corrected chi connectivity index (χ3v) is 13.3. The molecule has 0 aliphatic carbocycles. The lowest BCUT2D eigenvalue weighted by molar-refractivity contribution is -0.161. The number of esters is 2. The first-order valence-corrected chi connectivity index (χ1v) is 31.5. The van der Waals surface area contributed by atoms with E-state index in [9.17, 15) is 19.0 Å². The number of allylic oxidation sites excluding steroid dienone is 20. The standard InChI is InChI=1S/C65H110NO8P/c1-3-5-7-9-11-13-15-17-19-21-23-25-26-27-28-29-30-31-32-33-34-35-36-38-40-42-44-46-48-50-52-54-56-58-65(68)74-63(62-73-75(69,70)72-60-59-66)61-71-64(67)57-55-53-51-49-47-45-43-41-39-37-24-22-20-18-16-14-12-10-8-6-4-2/h5,7,11,13,16-19,22-25,27-28,30-31,33-34,39,41,63H,3-4,6,8-10,12,14-15,20-21,26,29,32,35-38,40,42-62,66H2,1-2H3,(H,69,70)/b7-5-,13-11-,18-16-,19-17-,24-22-,25-23-,28-27-,31-30-,34-33-,41-39-. The normalized spacial score (nSPS) is 13.9. The van der Waals surface area contributed by atoms with Gasteiger partial charge in [-0.2, -0.15) is 0 Å². The minimum atomic E-state index is -4.40. The van der Waals surface area contributed by atoms with Gasteiger partial charge in [-0.1, -0.05) is 245 Å². The summed E-state index contributed by atoms with van der Waals surface area (Å²) in [5, 5.41) is 0. The summed E-state index contributed by atoms with van der Waals surface area (Å²) in [6, 6.07) is 0. The zero-order valence-electron chi connectivity index (χ0n) is 47.7. The highest BCUT2D eigenvalue weighted by molar-refractivity contribution is 7.47. The number of carbonyl (C=O) groups excluding carboxylic acids is 2. The highest BCUT2D eigenvalue weighted by Gasteiger charge is 2.26. The smallest absolute Gasteiger partial charge is 0.462 e. The third kappa shape index (κ3) is 59.5. The first-order valence-electron chi connectivity index (χ1n) is 30.0. The lowest BCUT2D eigenvalue weighted by Crippen LogP contribution is -2.29. The van der Waals surface area contributed by atoms with E-state index in [0.717, 1.165) is 122 Å². The summed E-state index contributed by atoms with van der Waals surface area (Å²) in [4.78, 5) is 35.2. The number of hydrogen-bond donors (Lipinski definition) is 2. The third-order valence-electron chi connectivity index (χ3n) is 12.3. The molecule has 3 N–H and O–H groups in total. The summed E-state index contributed by atoms with van der Waals surface area (Å²) in [6.07, 6.45) is 82.5. The van der Waals surface area contributed by atoms with Crippen LogP contribution < -0.4 is 5.73 Å². The minimum Gasteiger partial charge on any atom is -0.462 e. The number of hydrogen-bond acceptors (Lipinski definition) is 8. The second-order valence-electron chi connectivity index (χ2n) is 19.5. The largest absolute Gasteiger partial charge is 0.472 e. The average Bonchev–Trinajstić information content (AvgIpc) is 3.40. The molecule has 0 aliphatic rings. The Morgan fingerprint density at radius 1 is 0.413 bits per heavy atom. The Balaban J connectivity index is 4.02. The molecule has 0 rings (SSSR count). The fourth-order valence-electron chi connectivity index (χ4n) is 7.92. The first kappa shape index (κ1) is 71.4. The van der Waals surface area contributed by atoms with Crippen LogP contribution in [0.15, 0.2) is 122 Å². The maximum absolute atomic E-state index is 12.7. The molecule has 428 valence electrons. The van der Waals surface area contributed by atoms with E-state index < -0.39 is 32.5 Å². The molecule has 2 atom stereocenters. The Labute approximate surface area is 460 Å². The summed E-state index contributed by atoms with van der Waals surface area (Å²) in [7, 11) is -4.40. The van der Waals surface area contributed by atoms with Gasteiger partial charge in [-0.3, -0.25) is 18.6 Å². The van der Waals surface area contributed by atoms with E-state index >= 15 is 0 Å². The molecule has 0 aromatic heterocycles. The van der Waals surface area contributed by atoms with Crippen LogP contribution in [0.25, 0.3) is 0 Å². The molecular formula is C65H110NO8P. The molecule has 75 heavy (non-hydrogen) atoms. The molecule has 0 aromatic carbocycles. The van der Waals surface area contributed by atoms with Crippen molar-refractivity contribution in [2.45, 2.75) is 251 Å². The summed E-state index contributed by atoms with van der Waals surface area (Å²) in [5.74, 6) is -0.850. The molecule has 0 heterocycles. The lowest BCUT2D eigenvalue weighted by Gasteiger charge is -2.19. The van der Waals surface area contributed by atoms with Gasteiger partial charge in [0.15, 0.2) is 6.10 Å². The van der Waals surface area contributed by atoms with E-state index in [-0.39, 0.29) is 32.6 Å². The number of phosphoric acid groups is 1. The van der Waals surface area contributed by atoms with Crippen LogP contribution >= 0.6 is 7.82 Å². The number of ether oxygens (including phenoxy) is 2. The van der Waals surface area contributed by atoms with Crippen molar-refractivity contribution in [3.8, 4) is 0 Å². The minimum absolute atomic E-state index is 0.0452. The van der Waals surface area contributed by atoms with Crippen molar-refractivity contribution < 1.29 is 37.6 Å². The molecule has 0 amide bonds. The fraction of sp³-hybridized carbons (Fsp3) is 0.662. The monoisotopic (exact) mass is 1060 g/mol. The van der Waals surface area contributed by atoms with Gasteiger partial charge in [0.2, 0.25) is 0 Å². The molecule has 10 heteroatoms. The van der Waals surface area contributed by atoms with Gasteiger partial charge in [0, 0.05) is 19.4 Å². The maximum atomic E-state index is 12.7. The molecule has 0 radical (unpaired) electrons. The number of nitrogens with two attached hydrogens (primary N) is 1. The number of unbranched alkanes of at least 4 members (excludes halogenated alkanes) is 22.